The zero-order valence-electron chi connectivity index (χ0n) is 20.3. The normalized spacial score (nSPS) is 14.6. The van der Waals surface area contributed by atoms with E-state index in [4.69, 9.17) is 26.1 Å². The molecule has 0 unspecified atom stereocenters. The number of halogens is 2. The Kier molecular flexibility index (Phi) is 9.59. The summed E-state index contributed by atoms with van der Waals surface area (Å²) < 4.78 is 37.0. The molecule has 1 aliphatic heterocycles. The third kappa shape index (κ3) is 5.95. The predicted octanol–water partition coefficient (Wildman–Crippen LogP) is 4.54. The summed E-state index contributed by atoms with van der Waals surface area (Å²) in [6, 6.07) is 9.68. The summed E-state index contributed by atoms with van der Waals surface area (Å²) in [5.74, 6) is 0.241. The van der Waals surface area contributed by atoms with Gasteiger partial charge in [0.25, 0.3) is 5.91 Å². The fourth-order valence-electron chi connectivity index (χ4n) is 3.81. The summed E-state index contributed by atoms with van der Waals surface area (Å²) in [6.07, 6.45) is 0. The smallest absolute Gasteiger partial charge is 0.260 e. The van der Waals surface area contributed by atoms with Crippen LogP contribution in [0.1, 0.15) is 24.2 Å². The van der Waals surface area contributed by atoms with Crippen molar-refractivity contribution in [1.82, 2.24) is 9.88 Å². The van der Waals surface area contributed by atoms with Crippen LogP contribution in [0, 0.1) is 0 Å². The molecular weight excluding hydrogens is 545 g/mol. The van der Waals surface area contributed by atoms with Gasteiger partial charge in [0, 0.05) is 31.7 Å². The molecule has 1 amide bonds. The zero-order chi connectivity index (χ0) is 25.2. The van der Waals surface area contributed by atoms with E-state index in [0.29, 0.717) is 47.7 Å². The minimum atomic E-state index is -3.53. The molecule has 36 heavy (non-hydrogen) atoms. The number of carbonyl (C=O) groups excluding carboxylic acids is 1. The largest absolute Gasteiger partial charge is 0.494 e. The molecule has 3 aromatic rings. The molecule has 0 atom stereocenters. The van der Waals surface area contributed by atoms with Crippen molar-refractivity contribution >= 4 is 66.4 Å². The van der Waals surface area contributed by atoms with Crippen molar-refractivity contribution in [2.24, 2.45) is 0 Å². The van der Waals surface area contributed by atoms with Gasteiger partial charge in [-0.1, -0.05) is 29.0 Å². The van der Waals surface area contributed by atoms with Gasteiger partial charge in [-0.15, -0.1) is 12.4 Å². The molecule has 4 rings (SSSR count). The molecule has 0 radical (unpaired) electrons. The van der Waals surface area contributed by atoms with Gasteiger partial charge in [0.1, 0.15) is 11.3 Å². The maximum Gasteiger partial charge on any atom is 0.260 e. The van der Waals surface area contributed by atoms with Crippen molar-refractivity contribution in [1.29, 1.82) is 0 Å². The predicted molar refractivity (Wildman–Crippen MR) is 146 cm³/mol. The first-order valence-electron chi connectivity index (χ1n) is 11.3. The van der Waals surface area contributed by atoms with Gasteiger partial charge in [0.05, 0.1) is 40.2 Å². The fraction of sp³-hybridized carbons (Fsp3) is 0.417. The van der Waals surface area contributed by atoms with E-state index in [1.165, 1.54) is 23.5 Å². The third-order valence-electron chi connectivity index (χ3n) is 5.92. The minimum Gasteiger partial charge on any atom is -0.494 e. The number of hydrogen-bond donors (Lipinski definition) is 0. The van der Waals surface area contributed by atoms with E-state index in [1.807, 2.05) is 0 Å². The molecule has 1 fully saturated rings. The number of anilines is 1. The van der Waals surface area contributed by atoms with E-state index in [1.54, 1.807) is 50.1 Å². The van der Waals surface area contributed by atoms with Gasteiger partial charge in [-0.2, -0.15) is 0 Å². The summed E-state index contributed by atoms with van der Waals surface area (Å²) in [5, 5.41) is 0.404. The molecule has 0 N–H and O–H groups in total. The minimum absolute atomic E-state index is 0. The molecule has 1 aromatic heterocycles. The number of thiazole rings is 1. The summed E-state index contributed by atoms with van der Waals surface area (Å²) in [5.41, 5.74) is 0.867. The lowest BCUT2D eigenvalue weighted by atomic mass is 10.2. The van der Waals surface area contributed by atoms with Crippen LogP contribution >= 0.6 is 35.3 Å². The maximum absolute atomic E-state index is 13.8. The monoisotopic (exact) mass is 573 g/mol. The number of ether oxygens (including phenoxy) is 2. The Labute approximate surface area is 226 Å². The van der Waals surface area contributed by atoms with Crippen molar-refractivity contribution in [3.63, 3.8) is 0 Å². The topological polar surface area (TPSA) is 89.0 Å². The number of hydrogen-bond acceptors (Lipinski definition) is 8. The summed E-state index contributed by atoms with van der Waals surface area (Å²) in [4.78, 5) is 22.4. The van der Waals surface area contributed by atoms with Gasteiger partial charge in [0.15, 0.2) is 15.0 Å². The summed E-state index contributed by atoms with van der Waals surface area (Å²) >= 11 is 7.73. The standard InChI is InChI=1S/C24H28ClN3O5S2.ClH/c1-16(2)35(30,31)18-6-4-5-17(15-18)23(29)28(10-9-27-11-13-33-14-12-27)24-26-21-20(32-3)8-7-19(25)22(21)34-24;/h4-8,15-16H,9-14H2,1-3H3;1H. The number of fused-ring (bicyclic) bond motifs is 1. The number of sulfone groups is 1. The molecule has 0 aliphatic carbocycles. The van der Waals surface area contributed by atoms with E-state index in [0.717, 1.165) is 17.8 Å². The van der Waals surface area contributed by atoms with Crippen LogP contribution < -0.4 is 9.64 Å². The third-order valence-corrected chi connectivity index (χ3v) is 9.61. The highest BCUT2D eigenvalue weighted by molar-refractivity contribution is 7.92. The number of amides is 1. The number of carbonyl (C=O) groups is 1. The lowest BCUT2D eigenvalue weighted by Crippen LogP contribution is -2.43. The van der Waals surface area contributed by atoms with Gasteiger partial charge in [-0.3, -0.25) is 14.6 Å². The molecule has 8 nitrogen and oxygen atoms in total. The Morgan fingerprint density at radius 3 is 2.64 bits per heavy atom. The van der Waals surface area contributed by atoms with Crippen LogP contribution in [0.25, 0.3) is 10.2 Å². The SMILES string of the molecule is COc1ccc(Cl)c2sc(N(CCN3CCOCC3)C(=O)c3cccc(S(=O)(=O)C(C)C)c3)nc12.Cl. The molecule has 1 saturated heterocycles. The van der Waals surface area contributed by atoms with Gasteiger partial charge < -0.3 is 9.47 Å². The van der Waals surface area contributed by atoms with Crippen molar-refractivity contribution < 1.29 is 22.7 Å². The van der Waals surface area contributed by atoms with Crippen LogP contribution in [0.4, 0.5) is 5.13 Å². The Bertz CT molecular complexity index is 1320. The molecule has 1 aliphatic rings. The molecule has 12 heteroatoms. The highest BCUT2D eigenvalue weighted by Crippen LogP contribution is 2.39. The molecule has 0 spiro atoms. The van der Waals surface area contributed by atoms with E-state index in [-0.39, 0.29) is 28.8 Å². The van der Waals surface area contributed by atoms with Crippen molar-refractivity contribution in [2.45, 2.75) is 24.0 Å². The number of aromatic nitrogens is 1. The summed E-state index contributed by atoms with van der Waals surface area (Å²) in [7, 11) is -1.97. The molecular formula is C24H29Cl2N3O5S2. The van der Waals surface area contributed by atoms with Gasteiger partial charge in [-0.05, 0) is 44.2 Å². The van der Waals surface area contributed by atoms with Crippen molar-refractivity contribution in [3.05, 3.63) is 47.0 Å². The first-order valence-corrected chi connectivity index (χ1v) is 14.1. The first-order chi connectivity index (χ1) is 16.7. The number of benzene rings is 2. The van der Waals surface area contributed by atoms with E-state index in [9.17, 15) is 13.2 Å². The molecule has 2 aromatic carbocycles. The van der Waals surface area contributed by atoms with Crippen LogP contribution in [0.15, 0.2) is 41.3 Å². The quantitative estimate of drug-likeness (QED) is 0.390. The van der Waals surface area contributed by atoms with E-state index < -0.39 is 15.1 Å². The molecule has 196 valence electrons. The van der Waals surface area contributed by atoms with E-state index >= 15 is 0 Å². The Hall–Kier alpha value is -1.95. The number of morpholine rings is 1. The first kappa shape index (κ1) is 28.6. The van der Waals surface area contributed by atoms with Gasteiger partial charge in [-0.25, -0.2) is 13.4 Å². The lowest BCUT2D eigenvalue weighted by Gasteiger charge is -2.29. The second kappa shape index (κ2) is 12.1. The molecule has 0 saturated carbocycles. The zero-order valence-corrected chi connectivity index (χ0v) is 23.5. The molecule has 0 bridgehead atoms. The van der Waals surface area contributed by atoms with Gasteiger partial charge >= 0.3 is 0 Å². The Morgan fingerprint density at radius 1 is 1.25 bits per heavy atom. The average Bonchev–Trinajstić information content (AvgIpc) is 3.31. The highest BCUT2D eigenvalue weighted by atomic mass is 35.5. The van der Waals surface area contributed by atoms with Crippen LogP contribution in [-0.4, -0.2) is 76.0 Å². The van der Waals surface area contributed by atoms with E-state index in [2.05, 4.69) is 4.90 Å². The Balaban J connectivity index is 0.00000361. The average molecular weight is 575 g/mol. The highest BCUT2D eigenvalue weighted by Gasteiger charge is 2.26. The van der Waals surface area contributed by atoms with Crippen LogP contribution in [0.5, 0.6) is 5.75 Å². The van der Waals surface area contributed by atoms with Crippen molar-refractivity contribution in [3.8, 4) is 5.75 Å². The summed E-state index contributed by atoms with van der Waals surface area (Å²) in [6.45, 7) is 7.11. The second-order valence-electron chi connectivity index (χ2n) is 8.46. The number of nitrogens with zero attached hydrogens (tertiary/aromatic N) is 3. The number of rotatable bonds is 8. The maximum atomic E-state index is 13.8. The lowest BCUT2D eigenvalue weighted by molar-refractivity contribution is 0.0391. The van der Waals surface area contributed by atoms with Crippen LogP contribution in [0.3, 0.4) is 0 Å². The van der Waals surface area contributed by atoms with Crippen LogP contribution in [0.2, 0.25) is 5.02 Å². The van der Waals surface area contributed by atoms with Crippen LogP contribution in [-0.2, 0) is 14.6 Å². The second-order valence-corrected chi connectivity index (χ2v) is 12.3. The Morgan fingerprint density at radius 2 is 1.97 bits per heavy atom. The molecule has 2 heterocycles. The van der Waals surface area contributed by atoms with Crippen molar-refractivity contribution in [2.75, 3.05) is 51.4 Å². The fourth-order valence-corrected chi connectivity index (χ4v) is 6.19. The number of methoxy groups -OCH3 is 1. The van der Waals surface area contributed by atoms with Gasteiger partial charge in [0.2, 0.25) is 0 Å².